The van der Waals surface area contributed by atoms with Crippen LogP contribution in [0.1, 0.15) is 47.9 Å². The number of rotatable bonds is 3. The van der Waals surface area contributed by atoms with Crippen molar-refractivity contribution in [3.05, 3.63) is 191 Å². The number of nitrogens with zero attached hydrogens (tertiary/aromatic N) is 1. The fourth-order valence-corrected chi connectivity index (χ4v) is 9.27. The number of hydrogen-bond donors (Lipinski definition) is 1. The van der Waals surface area contributed by atoms with Gasteiger partial charge in [-0.05, 0) is 71.9 Å². The number of fused-ring (bicyclic) bond motifs is 8. The molecule has 5 aromatic carbocycles. The lowest BCUT2D eigenvalue weighted by Crippen LogP contribution is -2.40. The number of allylic oxidation sites excluding steroid dienone is 5. The van der Waals surface area contributed by atoms with Crippen LogP contribution in [0.3, 0.4) is 0 Å². The normalized spacial score (nSPS) is 21.7. The molecule has 52 heavy (non-hydrogen) atoms. The van der Waals surface area contributed by atoms with Crippen LogP contribution in [0.4, 0.5) is 5.69 Å². The summed E-state index contributed by atoms with van der Waals surface area (Å²) in [6, 6.07) is 41.2. The topological polar surface area (TPSA) is 43.0 Å². The average Bonchev–Trinajstić information content (AvgIpc) is 3.68. The zero-order valence-electron chi connectivity index (χ0n) is 28.6. The molecule has 11 rings (SSSR count). The van der Waals surface area contributed by atoms with Crippen molar-refractivity contribution < 1.29 is 14.2 Å². The molecule has 5 heteroatoms. The fourth-order valence-electron chi connectivity index (χ4n) is 9.27. The van der Waals surface area contributed by atoms with Gasteiger partial charge in [0.25, 0.3) is 0 Å². The molecule has 2 aliphatic carbocycles. The minimum absolute atomic E-state index is 0.178. The standard InChI is InChI=1S/C47H36N2O3/c1-3-12-30(13-4-1)31-22-24-37-43(28-31)50-39-19-9-7-17-35(39)47(37)36-18-8-10-20-40(36)51-44-29-32(23-25-38(44)47)34-16-11-21-41-45(34)49(33-14-5-2-6-15-33)46-42(52-41)26-27-48-46/h1-14,16-21,23,25,28-29,33,48H,15,22,24,26-27H2. The van der Waals surface area contributed by atoms with E-state index in [4.69, 9.17) is 14.2 Å². The van der Waals surface area contributed by atoms with Crippen LogP contribution in [0.15, 0.2) is 169 Å². The lowest BCUT2D eigenvalue weighted by atomic mass is 9.60. The summed E-state index contributed by atoms with van der Waals surface area (Å²) in [4.78, 5) is 2.46. The summed E-state index contributed by atoms with van der Waals surface area (Å²) >= 11 is 0. The molecule has 252 valence electrons. The van der Waals surface area contributed by atoms with Gasteiger partial charge in [-0.2, -0.15) is 0 Å². The summed E-state index contributed by atoms with van der Waals surface area (Å²) in [7, 11) is 0. The molecule has 0 bridgehead atoms. The minimum atomic E-state index is -0.580. The second kappa shape index (κ2) is 11.4. The Morgan fingerprint density at radius 2 is 1.40 bits per heavy atom. The van der Waals surface area contributed by atoms with E-state index in [9.17, 15) is 0 Å². The van der Waals surface area contributed by atoms with E-state index >= 15 is 0 Å². The number of anilines is 1. The quantitative estimate of drug-likeness (QED) is 0.206. The van der Waals surface area contributed by atoms with Crippen molar-refractivity contribution in [2.45, 2.75) is 37.1 Å². The van der Waals surface area contributed by atoms with Gasteiger partial charge in [0.1, 0.15) is 34.6 Å². The highest BCUT2D eigenvalue weighted by Gasteiger charge is 2.52. The van der Waals surface area contributed by atoms with E-state index in [1.807, 2.05) is 0 Å². The molecule has 4 heterocycles. The van der Waals surface area contributed by atoms with Gasteiger partial charge in [-0.15, -0.1) is 0 Å². The smallest absolute Gasteiger partial charge is 0.151 e. The summed E-state index contributed by atoms with van der Waals surface area (Å²) in [6.07, 6.45) is 14.7. The minimum Gasteiger partial charge on any atom is -0.457 e. The van der Waals surface area contributed by atoms with Gasteiger partial charge in [0.15, 0.2) is 5.75 Å². The number of benzene rings is 5. The van der Waals surface area contributed by atoms with Crippen LogP contribution in [-0.2, 0) is 5.41 Å². The molecule has 5 nitrogen and oxygen atoms in total. The Hall–Kier alpha value is -6.20. The third-order valence-corrected chi connectivity index (χ3v) is 11.5. The molecule has 0 fully saturated rings. The Morgan fingerprint density at radius 3 is 2.23 bits per heavy atom. The molecule has 0 aromatic heterocycles. The van der Waals surface area contributed by atoms with Gasteiger partial charge >= 0.3 is 0 Å². The molecule has 2 unspecified atom stereocenters. The second-order valence-corrected chi connectivity index (χ2v) is 14.2. The van der Waals surface area contributed by atoms with E-state index in [-0.39, 0.29) is 6.04 Å². The van der Waals surface area contributed by atoms with Crippen molar-refractivity contribution in [1.82, 2.24) is 5.32 Å². The van der Waals surface area contributed by atoms with Gasteiger partial charge in [0.05, 0.1) is 17.1 Å². The van der Waals surface area contributed by atoms with Crippen molar-refractivity contribution in [1.29, 1.82) is 0 Å². The van der Waals surface area contributed by atoms with Gasteiger partial charge in [-0.3, -0.25) is 0 Å². The molecule has 0 saturated carbocycles. The third kappa shape index (κ3) is 4.23. The predicted molar refractivity (Wildman–Crippen MR) is 205 cm³/mol. The average molecular weight is 677 g/mol. The van der Waals surface area contributed by atoms with Crippen molar-refractivity contribution in [3.8, 4) is 34.1 Å². The van der Waals surface area contributed by atoms with E-state index < -0.39 is 5.41 Å². The number of hydrogen-bond acceptors (Lipinski definition) is 5. The molecular weight excluding hydrogens is 641 g/mol. The van der Waals surface area contributed by atoms with Crippen molar-refractivity contribution in [2.75, 3.05) is 11.4 Å². The van der Waals surface area contributed by atoms with Crippen LogP contribution >= 0.6 is 0 Å². The molecule has 6 aliphatic rings. The zero-order valence-corrected chi connectivity index (χ0v) is 28.6. The monoisotopic (exact) mass is 676 g/mol. The maximum Gasteiger partial charge on any atom is 0.151 e. The van der Waals surface area contributed by atoms with Crippen LogP contribution in [0.5, 0.6) is 23.0 Å². The van der Waals surface area contributed by atoms with E-state index in [2.05, 4.69) is 156 Å². The van der Waals surface area contributed by atoms with Gasteiger partial charge in [-0.1, -0.05) is 115 Å². The first-order chi connectivity index (χ1) is 25.8. The van der Waals surface area contributed by atoms with Gasteiger partial charge < -0.3 is 24.4 Å². The Morgan fingerprint density at radius 1 is 0.635 bits per heavy atom. The SMILES string of the molecule is C1=CCC(N2C3=C(CCN3)Oc3cccc(-c4ccc5c(c4)Oc4ccccc4C54C5=C(C=C(c6ccccc6)CC5)Oc5ccccc54)c32)C=C1. The first kappa shape index (κ1) is 29.5. The Balaban J connectivity index is 1.12. The van der Waals surface area contributed by atoms with E-state index in [0.717, 1.165) is 106 Å². The molecule has 0 saturated heterocycles. The highest BCUT2D eigenvalue weighted by Crippen LogP contribution is 2.62. The Bertz CT molecular complexity index is 2470. The Kier molecular flexibility index (Phi) is 6.48. The summed E-state index contributed by atoms with van der Waals surface area (Å²) in [5, 5.41) is 3.65. The van der Waals surface area contributed by atoms with Crippen molar-refractivity contribution in [3.63, 3.8) is 0 Å². The summed E-state index contributed by atoms with van der Waals surface area (Å²) in [5.74, 6) is 6.52. The largest absolute Gasteiger partial charge is 0.457 e. The number of ether oxygens (including phenoxy) is 3. The number of para-hydroxylation sites is 3. The molecular formula is C47H36N2O3. The first-order valence-electron chi connectivity index (χ1n) is 18.4. The summed E-state index contributed by atoms with van der Waals surface area (Å²) in [6.45, 7) is 0.871. The first-order valence-corrected chi connectivity index (χ1v) is 18.4. The van der Waals surface area contributed by atoms with Crippen LogP contribution in [0, 0.1) is 0 Å². The lowest BCUT2D eigenvalue weighted by Gasteiger charge is -2.47. The summed E-state index contributed by atoms with van der Waals surface area (Å²) < 4.78 is 20.4. The second-order valence-electron chi connectivity index (χ2n) is 14.2. The predicted octanol–water partition coefficient (Wildman–Crippen LogP) is 10.6. The lowest BCUT2D eigenvalue weighted by molar-refractivity contribution is 0.368. The fraction of sp³-hybridized carbons (Fsp3) is 0.149. The van der Waals surface area contributed by atoms with Gasteiger partial charge in [0, 0.05) is 35.2 Å². The maximum absolute atomic E-state index is 6.94. The molecule has 0 radical (unpaired) electrons. The highest BCUT2D eigenvalue weighted by atomic mass is 16.5. The highest BCUT2D eigenvalue weighted by molar-refractivity contribution is 5.88. The van der Waals surface area contributed by atoms with E-state index in [1.165, 1.54) is 16.7 Å². The molecule has 5 aromatic rings. The molecule has 1 N–H and O–H groups in total. The van der Waals surface area contributed by atoms with E-state index in [1.54, 1.807) is 0 Å². The molecule has 4 aliphatic heterocycles. The maximum atomic E-state index is 6.94. The van der Waals surface area contributed by atoms with E-state index in [0.29, 0.717) is 0 Å². The summed E-state index contributed by atoms with van der Waals surface area (Å²) in [5.41, 5.74) is 9.94. The van der Waals surface area contributed by atoms with Gasteiger partial charge in [0.2, 0.25) is 0 Å². The van der Waals surface area contributed by atoms with Crippen LogP contribution in [0.2, 0.25) is 0 Å². The van der Waals surface area contributed by atoms with Crippen LogP contribution < -0.4 is 24.4 Å². The van der Waals surface area contributed by atoms with Gasteiger partial charge in [-0.25, -0.2) is 0 Å². The van der Waals surface area contributed by atoms with Crippen LogP contribution in [-0.4, -0.2) is 12.6 Å². The molecule has 1 spiro atoms. The van der Waals surface area contributed by atoms with Crippen LogP contribution in [0.25, 0.3) is 16.7 Å². The van der Waals surface area contributed by atoms with Crippen molar-refractivity contribution >= 4 is 11.3 Å². The third-order valence-electron chi connectivity index (χ3n) is 11.5. The zero-order chi connectivity index (χ0) is 34.2. The number of nitrogens with one attached hydrogen (secondary N) is 1. The van der Waals surface area contributed by atoms with Crippen molar-refractivity contribution in [2.24, 2.45) is 0 Å². The Labute approximate surface area is 303 Å². The molecule has 2 atom stereocenters. The molecule has 0 amide bonds.